The van der Waals surface area contributed by atoms with Crippen LogP contribution in [0.25, 0.3) is 0 Å². The molecule has 1 rings (SSSR count). The number of rotatable bonds is 3. The van der Waals surface area contributed by atoms with Crippen LogP contribution in [-0.4, -0.2) is 22.8 Å². The predicted molar refractivity (Wildman–Crippen MR) is 71.3 cm³/mol. The van der Waals surface area contributed by atoms with Crippen molar-refractivity contribution in [2.45, 2.75) is 46.7 Å². The van der Waals surface area contributed by atoms with Crippen LogP contribution in [0.5, 0.6) is 0 Å². The van der Waals surface area contributed by atoms with Gasteiger partial charge < -0.3 is 4.90 Å². The number of benzene rings is 1. The van der Waals surface area contributed by atoms with E-state index in [0.717, 1.165) is 11.5 Å². The molecular formula is C14H22N2. The summed E-state index contributed by atoms with van der Waals surface area (Å²) < 4.78 is 0. The van der Waals surface area contributed by atoms with Crippen molar-refractivity contribution < 1.29 is 0 Å². The van der Waals surface area contributed by atoms with Crippen LogP contribution in [-0.2, 0) is 0 Å². The van der Waals surface area contributed by atoms with Gasteiger partial charge in [0.1, 0.15) is 5.84 Å². The average molecular weight is 218 g/mol. The van der Waals surface area contributed by atoms with Gasteiger partial charge in [0.2, 0.25) is 0 Å². The zero-order chi connectivity index (χ0) is 12.1. The van der Waals surface area contributed by atoms with Crippen LogP contribution in [0.1, 0.15) is 34.6 Å². The molecule has 0 N–H and O–H groups in total. The Morgan fingerprint density at radius 2 is 1.50 bits per heavy atom. The SMILES string of the molecule is CC(=Nc1ccccc1)N(C(C)C)C(C)C. The molecule has 0 bridgehead atoms. The second kappa shape index (κ2) is 5.69. The minimum atomic E-state index is 0.479. The zero-order valence-corrected chi connectivity index (χ0v) is 10.9. The molecule has 0 radical (unpaired) electrons. The maximum Gasteiger partial charge on any atom is 0.102 e. The van der Waals surface area contributed by atoms with Crippen molar-refractivity contribution in [3.63, 3.8) is 0 Å². The van der Waals surface area contributed by atoms with Crippen molar-refractivity contribution in [1.82, 2.24) is 4.90 Å². The molecule has 0 saturated carbocycles. The molecule has 0 aliphatic carbocycles. The number of nitrogens with zero attached hydrogens (tertiary/aromatic N) is 2. The topological polar surface area (TPSA) is 15.6 Å². The van der Waals surface area contributed by atoms with Crippen LogP contribution in [0.3, 0.4) is 0 Å². The van der Waals surface area contributed by atoms with Gasteiger partial charge in [-0.25, -0.2) is 4.99 Å². The molecule has 0 fully saturated rings. The summed E-state index contributed by atoms with van der Waals surface area (Å²) in [6, 6.07) is 11.1. The largest absolute Gasteiger partial charge is 0.355 e. The van der Waals surface area contributed by atoms with Crippen LogP contribution in [0.2, 0.25) is 0 Å². The lowest BCUT2D eigenvalue weighted by Crippen LogP contribution is -2.40. The van der Waals surface area contributed by atoms with Crippen molar-refractivity contribution in [3.8, 4) is 0 Å². The van der Waals surface area contributed by atoms with Gasteiger partial charge in [-0.3, -0.25) is 0 Å². The van der Waals surface area contributed by atoms with Crippen LogP contribution in [0, 0.1) is 0 Å². The molecule has 1 aromatic rings. The summed E-state index contributed by atoms with van der Waals surface area (Å²) in [6.45, 7) is 10.9. The average Bonchev–Trinajstić information content (AvgIpc) is 2.17. The molecule has 0 aromatic heterocycles. The smallest absolute Gasteiger partial charge is 0.102 e. The van der Waals surface area contributed by atoms with Gasteiger partial charge >= 0.3 is 0 Å². The summed E-state index contributed by atoms with van der Waals surface area (Å²) in [5, 5.41) is 0. The summed E-state index contributed by atoms with van der Waals surface area (Å²) in [5.74, 6) is 1.08. The van der Waals surface area contributed by atoms with Gasteiger partial charge in [-0.1, -0.05) is 18.2 Å². The fourth-order valence-corrected chi connectivity index (χ4v) is 2.09. The third-order valence-corrected chi connectivity index (χ3v) is 2.53. The van der Waals surface area contributed by atoms with E-state index < -0.39 is 0 Å². The Hall–Kier alpha value is -1.31. The quantitative estimate of drug-likeness (QED) is 0.555. The van der Waals surface area contributed by atoms with Crippen LogP contribution in [0.15, 0.2) is 35.3 Å². The van der Waals surface area contributed by atoms with E-state index in [9.17, 15) is 0 Å². The van der Waals surface area contributed by atoms with E-state index in [2.05, 4.69) is 44.5 Å². The summed E-state index contributed by atoms with van der Waals surface area (Å²) >= 11 is 0. The second-order valence-corrected chi connectivity index (χ2v) is 4.59. The predicted octanol–water partition coefficient (Wildman–Crippen LogP) is 3.86. The van der Waals surface area contributed by atoms with Crippen molar-refractivity contribution in [1.29, 1.82) is 0 Å². The third kappa shape index (κ3) is 3.37. The second-order valence-electron chi connectivity index (χ2n) is 4.59. The zero-order valence-electron chi connectivity index (χ0n) is 10.9. The summed E-state index contributed by atoms with van der Waals surface area (Å²) in [7, 11) is 0. The maximum absolute atomic E-state index is 4.64. The molecule has 2 nitrogen and oxygen atoms in total. The van der Waals surface area contributed by atoms with Gasteiger partial charge in [-0.15, -0.1) is 0 Å². The Bertz CT molecular complexity index is 331. The standard InChI is InChI=1S/C14H22N2/c1-11(2)16(12(3)4)13(5)15-14-9-7-6-8-10-14/h6-12H,1-5H3. The normalized spacial score (nSPS) is 12.3. The van der Waals surface area contributed by atoms with Crippen LogP contribution >= 0.6 is 0 Å². The molecule has 0 unspecified atom stereocenters. The molecule has 0 aliphatic heterocycles. The van der Waals surface area contributed by atoms with Crippen molar-refractivity contribution in [2.24, 2.45) is 4.99 Å². The maximum atomic E-state index is 4.64. The number of hydrogen-bond acceptors (Lipinski definition) is 1. The molecular weight excluding hydrogens is 196 g/mol. The molecule has 16 heavy (non-hydrogen) atoms. The van der Waals surface area contributed by atoms with E-state index in [0.29, 0.717) is 12.1 Å². The summed E-state index contributed by atoms with van der Waals surface area (Å²) in [6.07, 6.45) is 0. The van der Waals surface area contributed by atoms with E-state index in [1.54, 1.807) is 0 Å². The first-order valence-electron chi connectivity index (χ1n) is 5.91. The number of para-hydroxylation sites is 1. The third-order valence-electron chi connectivity index (χ3n) is 2.53. The Morgan fingerprint density at radius 3 is 1.94 bits per heavy atom. The fourth-order valence-electron chi connectivity index (χ4n) is 2.09. The minimum Gasteiger partial charge on any atom is -0.355 e. The van der Waals surface area contributed by atoms with Crippen molar-refractivity contribution in [2.75, 3.05) is 0 Å². The highest BCUT2D eigenvalue weighted by atomic mass is 15.2. The first kappa shape index (κ1) is 12.8. The van der Waals surface area contributed by atoms with E-state index in [1.807, 2.05) is 30.3 Å². The first-order valence-corrected chi connectivity index (χ1v) is 5.91. The molecule has 2 heteroatoms. The van der Waals surface area contributed by atoms with Crippen LogP contribution in [0.4, 0.5) is 5.69 Å². The minimum absolute atomic E-state index is 0.479. The molecule has 0 saturated heterocycles. The number of hydrogen-bond donors (Lipinski definition) is 0. The number of aliphatic imine (C=N–C) groups is 1. The highest BCUT2D eigenvalue weighted by Gasteiger charge is 2.14. The highest BCUT2D eigenvalue weighted by Crippen LogP contribution is 2.14. The van der Waals surface area contributed by atoms with Crippen LogP contribution < -0.4 is 0 Å². The Labute approximate surface area is 99.0 Å². The first-order chi connectivity index (χ1) is 7.52. The Morgan fingerprint density at radius 1 is 1.00 bits per heavy atom. The summed E-state index contributed by atoms with van der Waals surface area (Å²) in [4.78, 5) is 6.97. The molecule has 0 heterocycles. The van der Waals surface area contributed by atoms with Gasteiger partial charge in [0.05, 0.1) is 5.69 Å². The molecule has 88 valence electrons. The number of amidine groups is 1. The van der Waals surface area contributed by atoms with Crippen molar-refractivity contribution in [3.05, 3.63) is 30.3 Å². The van der Waals surface area contributed by atoms with E-state index in [1.165, 1.54) is 0 Å². The summed E-state index contributed by atoms with van der Waals surface area (Å²) in [5.41, 5.74) is 1.02. The Balaban J connectivity index is 2.91. The monoisotopic (exact) mass is 218 g/mol. The molecule has 1 aromatic carbocycles. The van der Waals surface area contributed by atoms with Gasteiger partial charge in [0.15, 0.2) is 0 Å². The highest BCUT2D eigenvalue weighted by molar-refractivity contribution is 5.83. The molecule has 0 aliphatic rings. The van der Waals surface area contributed by atoms with E-state index >= 15 is 0 Å². The lowest BCUT2D eigenvalue weighted by molar-refractivity contribution is 0.290. The lowest BCUT2D eigenvalue weighted by Gasteiger charge is -2.32. The van der Waals surface area contributed by atoms with Gasteiger partial charge in [-0.05, 0) is 46.8 Å². The Kier molecular flexibility index (Phi) is 4.53. The van der Waals surface area contributed by atoms with E-state index in [4.69, 9.17) is 0 Å². The van der Waals surface area contributed by atoms with Gasteiger partial charge in [0, 0.05) is 12.1 Å². The lowest BCUT2D eigenvalue weighted by atomic mass is 10.2. The van der Waals surface area contributed by atoms with E-state index in [-0.39, 0.29) is 0 Å². The van der Waals surface area contributed by atoms with Gasteiger partial charge in [-0.2, -0.15) is 0 Å². The van der Waals surface area contributed by atoms with Crippen molar-refractivity contribution >= 4 is 11.5 Å². The molecule has 0 atom stereocenters. The fraction of sp³-hybridized carbons (Fsp3) is 0.500. The van der Waals surface area contributed by atoms with Gasteiger partial charge in [0.25, 0.3) is 0 Å². The molecule has 0 spiro atoms. The molecule has 0 amide bonds.